The molecular formula is C14H27N3O2. The smallest absolute Gasteiger partial charge is 0.233 e. The Balaban J connectivity index is 1.86. The summed E-state index contributed by atoms with van der Waals surface area (Å²) in [5.74, 6) is 0.770. The van der Waals surface area contributed by atoms with Gasteiger partial charge in [-0.25, -0.2) is 0 Å². The van der Waals surface area contributed by atoms with E-state index in [-0.39, 0.29) is 11.8 Å². The van der Waals surface area contributed by atoms with Crippen LogP contribution in [-0.2, 0) is 9.59 Å². The van der Waals surface area contributed by atoms with E-state index in [1.165, 1.54) is 0 Å². The predicted molar refractivity (Wildman–Crippen MR) is 75.7 cm³/mol. The van der Waals surface area contributed by atoms with Gasteiger partial charge in [-0.15, -0.1) is 0 Å². The van der Waals surface area contributed by atoms with Gasteiger partial charge in [-0.1, -0.05) is 13.8 Å². The van der Waals surface area contributed by atoms with Crippen LogP contribution >= 0.6 is 0 Å². The standard InChI is InChI=1S/C14H27N3O2/c1-11(2)7-9-16-14(19)10-15-8-3-4-13(18)17-12-5-6-12/h11-12,15H,3-10H2,1-2H3,(H,16,19)(H,17,18). The molecule has 0 aliphatic heterocycles. The molecule has 0 aromatic carbocycles. The minimum Gasteiger partial charge on any atom is -0.355 e. The third kappa shape index (κ3) is 9.47. The third-order valence-electron chi connectivity index (χ3n) is 3.03. The molecule has 0 aromatic rings. The molecule has 5 nitrogen and oxygen atoms in total. The minimum absolute atomic E-state index is 0.0306. The van der Waals surface area contributed by atoms with Crippen LogP contribution in [0.4, 0.5) is 0 Å². The second kappa shape index (κ2) is 8.91. The predicted octanol–water partition coefficient (Wildman–Crippen LogP) is 0.797. The van der Waals surface area contributed by atoms with E-state index in [9.17, 15) is 9.59 Å². The van der Waals surface area contributed by atoms with E-state index in [1.54, 1.807) is 0 Å². The maximum atomic E-state index is 11.4. The van der Waals surface area contributed by atoms with Gasteiger partial charge in [0.25, 0.3) is 0 Å². The molecule has 0 unspecified atom stereocenters. The van der Waals surface area contributed by atoms with Crippen LogP contribution in [-0.4, -0.2) is 37.5 Å². The van der Waals surface area contributed by atoms with Crippen molar-refractivity contribution in [2.75, 3.05) is 19.6 Å². The van der Waals surface area contributed by atoms with E-state index in [4.69, 9.17) is 0 Å². The molecule has 0 radical (unpaired) electrons. The van der Waals surface area contributed by atoms with Gasteiger partial charge in [0.2, 0.25) is 11.8 Å². The number of hydrogen-bond donors (Lipinski definition) is 3. The van der Waals surface area contributed by atoms with Gasteiger partial charge in [-0.3, -0.25) is 9.59 Å². The average molecular weight is 269 g/mol. The molecule has 0 spiro atoms. The summed E-state index contributed by atoms with van der Waals surface area (Å²) in [4.78, 5) is 22.8. The van der Waals surface area contributed by atoms with Crippen molar-refractivity contribution in [2.45, 2.75) is 52.0 Å². The van der Waals surface area contributed by atoms with E-state index >= 15 is 0 Å². The summed E-state index contributed by atoms with van der Waals surface area (Å²) >= 11 is 0. The van der Waals surface area contributed by atoms with Crippen LogP contribution in [0.15, 0.2) is 0 Å². The number of carbonyl (C=O) groups is 2. The van der Waals surface area contributed by atoms with E-state index in [0.717, 1.165) is 32.2 Å². The van der Waals surface area contributed by atoms with Crippen LogP contribution in [0.5, 0.6) is 0 Å². The van der Waals surface area contributed by atoms with Crippen LogP contribution < -0.4 is 16.0 Å². The SMILES string of the molecule is CC(C)CCNC(=O)CNCCCC(=O)NC1CC1. The highest BCUT2D eigenvalue weighted by Gasteiger charge is 2.22. The molecule has 0 bridgehead atoms. The van der Waals surface area contributed by atoms with Gasteiger partial charge in [-0.05, 0) is 38.1 Å². The monoisotopic (exact) mass is 269 g/mol. The molecule has 0 saturated heterocycles. The first kappa shape index (κ1) is 16.0. The average Bonchev–Trinajstić information content (AvgIpc) is 3.12. The van der Waals surface area contributed by atoms with Gasteiger partial charge < -0.3 is 16.0 Å². The van der Waals surface area contributed by atoms with Crippen molar-refractivity contribution in [1.82, 2.24) is 16.0 Å². The Hall–Kier alpha value is -1.10. The van der Waals surface area contributed by atoms with Crippen molar-refractivity contribution in [3.05, 3.63) is 0 Å². The Bertz CT molecular complexity index is 288. The van der Waals surface area contributed by atoms with E-state index in [1.807, 2.05) is 0 Å². The molecule has 0 aromatic heterocycles. The fourth-order valence-electron chi connectivity index (χ4n) is 1.67. The Kier molecular flexibility index (Phi) is 7.48. The number of rotatable bonds is 10. The molecule has 1 aliphatic carbocycles. The molecule has 19 heavy (non-hydrogen) atoms. The highest BCUT2D eigenvalue weighted by molar-refractivity contribution is 5.78. The van der Waals surface area contributed by atoms with Crippen LogP contribution in [0.3, 0.4) is 0 Å². The zero-order chi connectivity index (χ0) is 14.1. The van der Waals surface area contributed by atoms with Crippen LogP contribution in [0.25, 0.3) is 0 Å². The van der Waals surface area contributed by atoms with E-state index < -0.39 is 0 Å². The molecule has 1 aliphatic rings. The summed E-state index contributed by atoms with van der Waals surface area (Å²) in [7, 11) is 0. The Morgan fingerprint density at radius 1 is 1.16 bits per heavy atom. The first-order chi connectivity index (χ1) is 9.08. The van der Waals surface area contributed by atoms with Gasteiger partial charge in [-0.2, -0.15) is 0 Å². The Labute approximate surface area is 115 Å². The van der Waals surface area contributed by atoms with Crippen molar-refractivity contribution in [3.63, 3.8) is 0 Å². The lowest BCUT2D eigenvalue weighted by atomic mass is 10.1. The fraction of sp³-hybridized carbons (Fsp3) is 0.857. The molecule has 1 rings (SSSR count). The van der Waals surface area contributed by atoms with Crippen molar-refractivity contribution in [3.8, 4) is 0 Å². The highest BCUT2D eigenvalue weighted by Crippen LogP contribution is 2.18. The van der Waals surface area contributed by atoms with Gasteiger partial charge in [0.1, 0.15) is 0 Å². The van der Waals surface area contributed by atoms with E-state index in [0.29, 0.717) is 31.5 Å². The number of amides is 2. The Morgan fingerprint density at radius 3 is 2.53 bits per heavy atom. The zero-order valence-corrected chi connectivity index (χ0v) is 12.1. The fourth-order valence-corrected chi connectivity index (χ4v) is 1.67. The lowest BCUT2D eigenvalue weighted by molar-refractivity contribution is -0.121. The maximum absolute atomic E-state index is 11.4. The van der Waals surface area contributed by atoms with Crippen molar-refractivity contribution < 1.29 is 9.59 Å². The summed E-state index contributed by atoms with van der Waals surface area (Å²) in [5.41, 5.74) is 0. The van der Waals surface area contributed by atoms with Crippen LogP contribution in [0.1, 0.15) is 46.0 Å². The summed E-state index contributed by atoms with van der Waals surface area (Å²) in [6.45, 7) is 6.05. The topological polar surface area (TPSA) is 70.2 Å². The van der Waals surface area contributed by atoms with Crippen LogP contribution in [0.2, 0.25) is 0 Å². The van der Waals surface area contributed by atoms with Gasteiger partial charge >= 0.3 is 0 Å². The largest absolute Gasteiger partial charge is 0.355 e. The Morgan fingerprint density at radius 2 is 1.89 bits per heavy atom. The number of hydrogen-bond acceptors (Lipinski definition) is 3. The molecule has 0 atom stereocenters. The summed E-state index contributed by atoms with van der Waals surface area (Å²) < 4.78 is 0. The normalized spacial score (nSPS) is 14.5. The summed E-state index contributed by atoms with van der Waals surface area (Å²) in [6, 6.07) is 0.437. The lowest BCUT2D eigenvalue weighted by Crippen LogP contribution is -2.35. The van der Waals surface area contributed by atoms with Crippen molar-refractivity contribution in [2.24, 2.45) is 5.92 Å². The third-order valence-corrected chi connectivity index (χ3v) is 3.03. The molecule has 110 valence electrons. The second-order valence-electron chi connectivity index (χ2n) is 5.65. The maximum Gasteiger partial charge on any atom is 0.233 e. The molecular weight excluding hydrogens is 242 g/mol. The van der Waals surface area contributed by atoms with Gasteiger partial charge in [0.05, 0.1) is 6.54 Å². The zero-order valence-electron chi connectivity index (χ0n) is 12.1. The van der Waals surface area contributed by atoms with Gasteiger partial charge in [0.15, 0.2) is 0 Å². The number of carbonyl (C=O) groups excluding carboxylic acids is 2. The molecule has 2 amide bonds. The first-order valence-electron chi connectivity index (χ1n) is 7.34. The molecule has 1 saturated carbocycles. The molecule has 1 fully saturated rings. The first-order valence-corrected chi connectivity index (χ1v) is 7.34. The molecule has 3 N–H and O–H groups in total. The van der Waals surface area contributed by atoms with Crippen LogP contribution in [0, 0.1) is 5.92 Å². The summed E-state index contributed by atoms with van der Waals surface area (Å²) in [5, 5.41) is 8.87. The summed E-state index contributed by atoms with van der Waals surface area (Å²) in [6.07, 6.45) is 4.57. The second-order valence-corrected chi connectivity index (χ2v) is 5.65. The lowest BCUT2D eigenvalue weighted by Gasteiger charge is -2.08. The minimum atomic E-state index is 0.0306. The van der Waals surface area contributed by atoms with Gasteiger partial charge in [0, 0.05) is 19.0 Å². The highest BCUT2D eigenvalue weighted by atomic mass is 16.2. The quantitative estimate of drug-likeness (QED) is 0.514. The van der Waals surface area contributed by atoms with Crippen molar-refractivity contribution in [1.29, 1.82) is 0 Å². The van der Waals surface area contributed by atoms with Crippen molar-refractivity contribution >= 4 is 11.8 Å². The molecule has 5 heteroatoms. The number of nitrogens with one attached hydrogen (secondary N) is 3. The van der Waals surface area contributed by atoms with E-state index in [2.05, 4.69) is 29.8 Å². The molecule has 0 heterocycles.